The molecule has 6 rings (SSSR count). The van der Waals surface area contributed by atoms with E-state index in [-0.39, 0.29) is 23.3 Å². The number of carbonyl (C=O) groups excluding carboxylic acids is 2. The number of aromatic nitrogens is 1. The third kappa shape index (κ3) is 3.69. The van der Waals surface area contributed by atoms with Crippen LogP contribution in [0.15, 0.2) is 24.4 Å². The molecule has 1 aromatic heterocycles. The molecule has 0 radical (unpaired) electrons. The minimum atomic E-state index is -0.130. The molecule has 1 N–H and O–H groups in total. The lowest BCUT2D eigenvalue weighted by Crippen LogP contribution is -2.53. The number of rotatable bonds is 7. The van der Waals surface area contributed by atoms with Gasteiger partial charge >= 0.3 is 0 Å². The van der Waals surface area contributed by atoms with Gasteiger partial charge in [-0.25, -0.2) is 0 Å². The fourth-order valence-corrected chi connectivity index (χ4v) is 6.84. The molecule has 0 aliphatic heterocycles. The number of amides is 2. The summed E-state index contributed by atoms with van der Waals surface area (Å²) in [4.78, 5) is 32.6. The summed E-state index contributed by atoms with van der Waals surface area (Å²) in [7, 11) is 0. The van der Waals surface area contributed by atoms with Gasteiger partial charge in [0.25, 0.3) is 0 Å². The van der Waals surface area contributed by atoms with Gasteiger partial charge in [0.05, 0.1) is 11.7 Å². The first-order valence-corrected chi connectivity index (χ1v) is 11.5. The Kier molecular flexibility index (Phi) is 4.87. The first kappa shape index (κ1) is 19.1. The van der Waals surface area contributed by atoms with Gasteiger partial charge in [-0.2, -0.15) is 0 Å². The molecule has 1 heterocycles. The number of nitrogens with one attached hydrogen (secondary N) is 1. The second-order valence-electron chi connectivity index (χ2n) is 10.2. The molecule has 0 saturated heterocycles. The van der Waals surface area contributed by atoms with Crippen LogP contribution in [0, 0.1) is 23.2 Å². The van der Waals surface area contributed by atoms with Crippen LogP contribution in [-0.2, 0) is 9.59 Å². The molecular formula is C24H33N3O2. The smallest absolute Gasteiger partial charge is 0.226 e. The summed E-state index contributed by atoms with van der Waals surface area (Å²) in [5, 5.41) is 3.16. The van der Waals surface area contributed by atoms with Crippen LogP contribution in [0.25, 0.3) is 0 Å². The van der Waals surface area contributed by atoms with Crippen molar-refractivity contribution in [2.24, 2.45) is 23.2 Å². The molecule has 1 unspecified atom stereocenters. The van der Waals surface area contributed by atoms with Gasteiger partial charge in [0.2, 0.25) is 11.8 Å². The van der Waals surface area contributed by atoms with E-state index in [0.717, 1.165) is 55.6 Å². The topological polar surface area (TPSA) is 62.3 Å². The summed E-state index contributed by atoms with van der Waals surface area (Å²) in [6, 6.07) is 6.18. The van der Waals surface area contributed by atoms with E-state index in [2.05, 4.69) is 17.2 Å². The summed E-state index contributed by atoms with van der Waals surface area (Å²) in [6.07, 6.45) is 11.5. The standard InChI is InChI=1S/C24H33N3O2/c1-16(21-4-2-3-8-25-21)27(20-5-6-20)22(28)7-9-26-23(29)24-13-17-10-18(14-24)12-19(11-17)15-24/h2-4,8,16-20H,5-7,9-15H2,1H3,(H,26,29). The fraction of sp³-hybridized carbons (Fsp3) is 0.708. The summed E-state index contributed by atoms with van der Waals surface area (Å²) in [5.74, 6) is 2.64. The summed E-state index contributed by atoms with van der Waals surface area (Å²) >= 11 is 0. The Morgan fingerprint density at radius 3 is 2.34 bits per heavy atom. The molecule has 2 amide bonds. The maximum atomic E-state index is 13.1. The maximum absolute atomic E-state index is 13.1. The number of hydrogen-bond acceptors (Lipinski definition) is 3. The molecule has 1 aromatic rings. The zero-order valence-corrected chi connectivity index (χ0v) is 17.5. The second kappa shape index (κ2) is 7.41. The Morgan fingerprint density at radius 2 is 1.79 bits per heavy atom. The zero-order chi connectivity index (χ0) is 20.0. The predicted octanol–water partition coefficient (Wildman–Crippen LogP) is 3.86. The maximum Gasteiger partial charge on any atom is 0.226 e. The number of pyridine rings is 1. The monoisotopic (exact) mass is 395 g/mol. The second-order valence-corrected chi connectivity index (χ2v) is 10.2. The predicted molar refractivity (Wildman–Crippen MR) is 111 cm³/mol. The Balaban J connectivity index is 1.18. The van der Waals surface area contributed by atoms with Crippen LogP contribution in [0.4, 0.5) is 0 Å². The zero-order valence-electron chi connectivity index (χ0n) is 17.5. The minimum Gasteiger partial charge on any atom is -0.355 e. The summed E-state index contributed by atoms with van der Waals surface area (Å²) in [6.45, 7) is 2.52. The van der Waals surface area contributed by atoms with Crippen molar-refractivity contribution in [3.05, 3.63) is 30.1 Å². The molecule has 156 valence electrons. The number of carbonyl (C=O) groups is 2. The highest BCUT2D eigenvalue weighted by Gasteiger charge is 2.54. The van der Waals surface area contributed by atoms with E-state index in [4.69, 9.17) is 0 Å². The van der Waals surface area contributed by atoms with Crippen LogP contribution < -0.4 is 5.32 Å². The molecule has 29 heavy (non-hydrogen) atoms. The van der Waals surface area contributed by atoms with Gasteiger partial charge in [0.1, 0.15) is 0 Å². The van der Waals surface area contributed by atoms with Gasteiger partial charge in [0, 0.05) is 30.6 Å². The Hall–Kier alpha value is -1.91. The van der Waals surface area contributed by atoms with E-state index < -0.39 is 0 Å². The highest BCUT2D eigenvalue weighted by molar-refractivity contribution is 5.84. The Morgan fingerprint density at radius 1 is 1.14 bits per heavy atom. The molecule has 0 spiro atoms. The van der Waals surface area contributed by atoms with Crippen molar-refractivity contribution >= 4 is 11.8 Å². The Bertz CT molecular complexity index is 738. The molecule has 1 atom stereocenters. The SMILES string of the molecule is CC(c1ccccn1)N(C(=O)CCNC(=O)C12CC3CC(CC(C3)C1)C2)C1CC1. The summed E-state index contributed by atoms with van der Waals surface area (Å²) < 4.78 is 0. The average Bonchev–Trinajstić information content (AvgIpc) is 3.52. The van der Waals surface area contributed by atoms with E-state index in [1.165, 1.54) is 19.3 Å². The van der Waals surface area contributed by atoms with Crippen molar-refractivity contribution in [2.45, 2.75) is 76.8 Å². The van der Waals surface area contributed by atoms with Crippen LogP contribution >= 0.6 is 0 Å². The number of nitrogens with zero attached hydrogens (tertiary/aromatic N) is 2. The third-order valence-electron chi connectivity index (χ3n) is 7.91. The first-order chi connectivity index (χ1) is 14.0. The Labute approximate surface area is 173 Å². The van der Waals surface area contributed by atoms with Crippen molar-refractivity contribution in [1.82, 2.24) is 15.2 Å². The van der Waals surface area contributed by atoms with Crippen molar-refractivity contribution < 1.29 is 9.59 Å². The molecule has 5 fully saturated rings. The first-order valence-electron chi connectivity index (χ1n) is 11.5. The normalized spacial score (nSPS) is 33.3. The molecule has 5 aliphatic carbocycles. The van der Waals surface area contributed by atoms with Crippen molar-refractivity contribution in [3.8, 4) is 0 Å². The lowest BCUT2D eigenvalue weighted by Gasteiger charge is -2.55. The lowest BCUT2D eigenvalue weighted by atomic mass is 9.49. The lowest BCUT2D eigenvalue weighted by molar-refractivity contribution is -0.146. The van der Waals surface area contributed by atoms with Crippen LogP contribution in [0.3, 0.4) is 0 Å². The van der Waals surface area contributed by atoms with Gasteiger partial charge in [-0.3, -0.25) is 14.6 Å². The van der Waals surface area contributed by atoms with Gasteiger partial charge in [-0.05, 0) is 88.2 Å². The van der Waals surface area contributed by atoms with Crippen molar-refractivity contribution in [1.29, 1.82) is 0 Å². The quantitative estimate of drug-likeness (QED) is 0.763. The van der Waals surface area contributed by atoms with E-state index >= 15 is 0 Å². The molecule has 0 aromatic carbocycles. The van der Waals surface area contributed by atoms with Crippen LogP contribution in [0.2, 0.25) is 0 Å². The molecule has 5 heteroatoms. The van der Waals surface area contributed by atoms with Crippen LogP contribution in [0.5, 0.6) is 0 Å². The molecule has 5 saturated carbocycles. The van der Waals surface area contributed by atoms with Crippen molar-refractivity contribution in [3.63, 3.8) is 0 Å². The highest BCUT2D eigenvalue weighted by Crippen LogP contribution is 2.60. The van der Waals surface area contributed by atoms with Gasteiger partial charge in [-0.1, -0.05) is 6.07 Å². The van der Waals surface area contributed by atoms with Crippen molar-refractivity contribution in [2.75, 3.05) is 6.54 Å². The van der Waals surface area contributed by atoms with E-state index in [1.807, 2.05) is 23.1 Å². The molecule has 4 bridgehead atoms. The van der Waals surface area contributed by atoms with Gasteiger partial charge in [-0.15, -0.1) is 0 Å². The largest absolute Gasteiger partial charge is 0.355 e. The van der Waals surface area contributed by atoms with Gasteiger partial charge in [0.15, 0.2) is 0 Å². The van der Waals surface area contributed by atoms with Crippen LogP contribution in [-0.4, -0.2) is 34.3 Å². The van der Waals surface area contributed by atoms with Crippen LogP contribution in [0.1, 0.15) is 76.4 Å². The summed E-state index contributed by atoms with van der Waals surface area (Å²) in [5.41, 5.74) is 0.806. The minimum absolute atomic E-state index is 0.0185. The van der Waals surface area contributed by atoms with E-state index in [1.54, 1.807) is 6.20 Å². The molecular weight excluding hydrogens is 362 g/mol. The molecule has 5 nitrogen and oxygen atoms in total. The molecule has 5 aliphatic rings. The van der Waals surface area contributed by atoms with Gasteiger partial charge < -0.3 is 10.2 Å². The third-order valence-corrected chi connectivity index (χ3v) is 7.91. The highest BCUT2D eigenvalue weighted by atomic mass is 16.2. The fourth-order valence-electron chi connectivity index (χ4n) is 6.84. The average molecular weight is 396 g/mol. The number of hydrogen-bond donors (Lipinski definition) is 1. The van der Waals surface area contributed by atoms with E-state index in [0.29, 0.717) is 19.0 Å². The van der Waals surface area contributed by atoms with E-state index in [9.17, 15) is 9.59 Å².